The molecule has 0 unspecified atom stereocenters. The highest BCUT2D eigenvalue weighted by Gasteiger charge is 2.27. The standard InChI is InChI=1S/C9H15ClF3NO2/c10-4-2-1-3-5-14-8(15)6-16-7-9(11,12)13/h1-7H2,(H,14,15). The molecule has 0 rings (SSSR count). The molecule has 96 valence electrons. The molecule has 0 aliphatic heterocycles. The first kappa shape index (κ1) is 15.5. The molecule has 3 nitrogen and oxygen atoms in total. The van der Waals surface area contributed by atoms with Gasteiger partial charge in [0.1, 0.15) is 13.2 Å². The van der Waals surface area contributed by atoms with Crippen molar-refractivity contribution >= 4 is 17.5 Å². The van der Waals surface area contributed by atoms with Crippen LogP contribution < -0.4 is 5.32 Å². The van der Waals surface area contributed by atoms with Crippen molar-refractivity contribution in [2.45, 2.75) is 25.4 Å². The third kappa shape index (κ3) is 11.6. The zero-order chi connectivity index (χ0) is 12.4. The number of halogens is 4. The van der Waals surface area contributed by atoms with E-state index in [2.05, 4.69) is 10.1 Å². The molecule has 0 fully saturated rings. The molecule has 0 saturated heterocycles. The van der Waals surface area contributed by atoms with Gasteiger partial charge in [0.25, 0.3) is 0 Å². The van der Waals surface area contributed by atoms with Crippen molar-refractivity contribution in [1.82, 2.24) is 5.32 Å². The minimum absolute atomic E-state index is 0.436. The number of carbonyl (C=O) groups is 1. The lowest BCUT2D eigenvalue weighted by atomic mass is 10.2. The van der Waals surface area contributed by atoms with E-state index in [-0.39, 0.29) is 0 Å². The van der Waals surface area contributed by atoms with Gasteiger partial charge in [0.05, 0.1) is 0 Å². The van der Waals surface area contributed by atoms with Crippen LogP contribution in [-0.2, 0) is 9.53 Å². The molecule has 0 heterocycles. The van der Waals surface area contributed by atoms with E-state index in [0.29, 0.717) is 12.4 Å². The monoisotopic (exact) mass is 261 g/mol. The first-order valence-corrected chi connectivity index (χ1v) is 5.46. The summed E-state index contributed by atoms with van der Waals surface area (Å²) in [5.41, 5.74) is 0. The van der Waals surface area contributed by atoms with E-state index >= 15 is 0 Å². The Morgan fingerprint density at radius 3 is 2.50 bits per heavy atom. The maximum atomic E-state index is 11.6. The van der Waals surface area contributed by atoms with Gasteiger partial charge >= 0.3 is 6.18 Å². The van der Waals surface area contributed by atoms with Crippen LogP contribution in [-0.4, -0.2) is 37.7 Å². The largest absolute Gasteiger partial charge is 0.411 e. The number of hydrogen-bond donors (Lipinski definition) is 1. The minimum Gasteiger partial charge on any atom is -0.362 e. The Labute approximate surface area is 97.3 Å². The van der Waals surface area contributed by atoms with Crippen LogP contribution in [0.5, 0.6) is 0 Å². The molecule has 0 atom stereocenters. The van der Waals surface area contributed by atoms with Crippen LogP contribution in [0, 0.1) is 0 Å². The fourth-order valence-corrected chi connectivity index (χ4v) is 1.12. The molecular weight excluding hydrogens is 247 g/mol. The highest BCUT2D eigenvalue weighted by atomic mass is 35.5. The van der Waals surface area contributed by atoms with Crippen LogP contribution in [0.2, 0.25) is 0 Å². The molecule has 0 saturated carbocycles. The van der Waals surface area contributed by atoms with Crippen LogP contribution in [0.3, 0.4) is 0 Å². The summed E-state index contributed by atoms with van der Waals surface area (Å²) in [6.07, 6.45) is -1.88. The average molecular weight is 262 g/mol. The van der Waals surface area contributed by atoms with E-state index in [1.807, 2.05) is 0 Å². The van der Waals surface area contributed by atoms with E-state index in [1.165, 1.54) is 0 Å². The molecule has 0 spiro atoms. The number of amides is 1. The Balaban J connectivity index is 3.32. The third-order valence-corrected chi connectivity index (χ3v) is 1.90. The van der Waals surface area contributed by atoms with Crippen molar-refractivity contribution in [3.8, 4) is 0 Å². The highest BCUT2D eigenvalue weighted by Crippen LogP contribution is 2.13. The number of carbonyl (C=O) groups excluding carboxylic acids is 1. The summed E-state index contributed by atoms with van der Waals surface area (Å²) in [6.45, 7) is -1.52. The molecule has 0 aromatic rings. The van der Waals surface area contributed by atoms with Gasteiger partial charge in [-0.25, -0.2) is 0 Å². The number of alkyl halides is 4. The number of nitrogens with one attached hydrogen (secondary N) is 1. The van der Waals surface area contributed by atoms with Gasteiger partial charge in [-0.2, -0.15) is 13.2 Å². The van der Waals surface area contributed by atoms with E-state index in [1.54, 1.807) is 0 Å². The van der Waals surface area contributed by atoms with Gasteiger partial charge in [0, 0.05) is 12.4 Å². The van der Waals surface area contributed by atoms with Gasteiger partial charge in [-0.1, -0.05) is 6.42 Å². The zero-order valence-corrected chi connectivity index (χ0v) is 9.53. The second-order valence-corrected chi connectivity index (χ2v) is 3.59. The van der Waals surface area contributed by atoms with E-state index in [4.69, 9.17) is 11.6 Å². The molecule has 1 amide bonds. The normalized spacial score (nSPS) is 11.5. The third-order valence-electron chi connectivity index (χ3n) is 1.63. The zero-order valence-electron chi connectivity index (χ0n) is 8.78. The van der Waals surface area contributed by atoms with Crippen LogP contribution >= 0.6 is 11.6 Å². The smallest absolute Gasteiger partial charge is 0.362 e. The van der Waals surface area contributed by atoms with E-state index in [0.717, 1.165) is 19.3 Å². The fraction of sp³-hybridized carbons (Fsp3) is 0.889. The minimum atomic E-state index is -4.39. The molecule has 0 aromatic heterocycles. The Morgan fingerprint density at radius 1 is 1.25 bits per heavy atom. The van der Waals surface area contributed by atoms with Crippen LogP contribution in [0.15, 0.2) is 0 Å². The molecule has 0 aliphatic carbocycles. The predicted octanol–water partition coefficient (Wildman–Crippen LogP) is 2.09. The average Bonchev–Trinajstić information content (AvgIpc) is 2.15. The van der Waals surface area contributed by atoms with Gasteiger partial charge in [-0.3, -0.25) is 4.79 Å². The number of ether oxygens (including phenoxy) is 1. The fourth-order valence-electron chi connectivity index (χ4n) is 0.935. The van der Waals surface area contributed by atoms with Crippen LogP contribution in [0.25, 0.3) is 0 Å². The van der Waals surface area contributed by atoms with Crippen molar-refractivity contribution in [3.05, 3.63) is 0 Å². The Morgan fingerprint density at radius 2 is 1.94 bits per heavy atom. The van der Waals surface area contributed by atoms with Crippen LogP contribution in [0.4, 0.5) is 13.2 Å². The lowest BCUT2D eigenvalue weighted by Gasteiger charge is -2.08. The second kappa shape index (κ2) is 8.64. The molecule has 0 aliphatic rings. The number of hydrogen-bond acceptors (Lipinski definition) is 2. The van der Waals surface area contributed by atoms with Crippen molar-refractivity contribution in [2.75, 3.05) is 25.6 Å². The van der Waals surface area contributed by atoms with Gasteiger partial charge in [0.15, 0.2) is 0 Å². The van der Waals surface area contributed by atoms with Gasteiger partial charge < -0.3 is 10.1 Å². The summed E-state index contributed by atoms with van der Waals surface area (Å²) in [7, 11) is 0. The number of rotatable bonds is 8. The van der Waals surface area contributed by atoms with Crippen molar-refractivity contribution in [2.24, 2.45) is 0 Å². The van der Waals surface area contributed by atoms with Crippen molar-refractivity contribution < 1.29 is 22.7 Å². The van der Waals surface area contributed by atoms with Gasteiger partial charge in [0.2, 0.25) is 5.91 Å². The summed E-state index contributed by atoms with van der Waals surface area (Å²) in [5.74, 6) is 0.0398. The first-order chi connectivity index (χ1) is 7.45. The Hall–Kier alpha value is -0.490. The summed E-state index contributed by atoms with van der Waals surface area (Å²) in [6, 6.07) is 0. The van der Waals surface area contributed by atoms with Crippen molar-refractivity contribution in [1.29, 1.82) is 0 Å². The van der Waals surface area contributed by atoms with E-state index in [9.17, 15) is 18.0 Å². The first-order valence-electron chi connectivity index (χ1n) is 4.93. The predicted molar refractivity (Wildman–Crippen MR) is 54.5 cm³/mol. The maximum absolute atomic E-state index is 11.6. The molecular formula is C9H15ClF3NO2. The summed E-state index contributed by atoms with van der Waals surface area (Å²) >= 11 is 5.44. The molecule has 16 heavy (non-hydrogen) atoms. The molecule has 0 aromatic carbocycles. The molecule has 1 N–H and O–H groups in total. The summed E-state index contributed by atoms with van der Waals surface area (Å²) < 4.78 is 39.1. The van der Waals surface area contributed by atoms with Crippen molar-refractivity contribution in [3.63, 3.8) is 0 Å². The molecule has 7 heteroatoms. The molecule has 0 bridgehead atoms. The van der Waals surface area contributed by atoms with Gasteiger partial charge in [-0.05, 0) is 12.8 Å². The quantitative estimate of drug-likeness (QED) is 0.537. The van der Waals surface area contributed by atoms with E-state index < -0.39 is 25.3 Å². The summed E-state index contributed by atoms with van der Waals surface area (Å²) in [4.78, 5) is 10.9. The maximum Gasteiger partial charge on any atom is 0.411 e. The lowest BCUT2D eigenvalue weighted by Crippen LogP contribution is -2.30. The molecule has 0 radical (unpaired) electrons. The summed E-state index contributed by atoms with van der Waals surface area (Å²) in [5, 5.41) is 2.45. The topological polar surface area (TPSA) is 38.3 Å². The van der Waals surface area contributed by atoms with Gasteiger partial charge in [-0.15, -0.1) is 11.6 Å². The SMILES string of the molecule is O=C(COCC(F)(F)F)NCCCCCCl. The Kier molecular flexibility index (Phi) is 8.37. The second-order valence-electron chi connectivity index (χ2n) is 3.21. The Bertz CT molecular complexity index is 200. The highest BCUT2D eigenvalue weighted by molar-refractivity contribution is 6.17. The van der Waals surface area contributed by atoms with Crippen LogP contribution in [0.1, 0.15) is 19.3 Å². The number of unbranched alkanes of at least 4 members (excludes halogenated alkanes) is 2. The lowest BCUT2D eigenvalue weighted by molar-refractivity contribution is -0.175.